The van der Waals surface area contributed by atoms with E-state index in [0.29, 0.717) is 19.4 Å². The van der Waals surface area contributed by atoms with Gasteiger partial charge in [-0.3, -0.25) is 9.59 Å². The van der Waals surface area contributed by atoms with Crippen LogP contribution in [0.5, 0.6) is 0 Å². The normalized spacial score (nSPS) is 12.8. The van der Waals surface area contributed by atoms with Crippen LogP contribution in [0.25, 0.3) is 0 Å². The van der Waals surface area contributed by atoms with Crippen LogP contribution in [0.15, 0.2) is 36.5 Å². The van der Waals surface area contributed by atoms with Crippen molar-refractivity contribution in [2.75, 3.05) is 13.2 Å². The molecule has 400 valence electrons. The monoisotopic (exact) mass is 956 g/mol. The predicted molar refractivity (Wildman–Crippen MR) is 296 cm³/mol. The summed E-state index contributed by atoms with van der Waals surface area (Å²) in [6.07, 6.45) is 71.8. The number of hydrogen-bond donors (Lipinski definition) is 3. The average molecular weight is 957 g/mol. The standard InChI is InChI=1S/C62H117NO5/c1-3-5-7-9-11-13-15-17-19-21-23-24-26-27-29-31-34-38-42-46-50-54-60(65)59(58-64)63-61(66)55-51-47-43-39-35-33-37-41-45-49-53-57-68-62(67)56-52-48-44-40-36-32-30-28-25-22-20-18-16-14-12-10-8-6-4-2/h18,20,37,41,50,54,59-60,64-65H,3-17,19,21-36,38-40,42-49,51-53,55-58H2,1-2H3,(H,63,66)/b20-18-,41-37-,54-50+. The molecule has 0 radical (unpaired) electrons. The molecule has 0 fully saturated rings. The van der Waals surface area contributed by atoms with E-state index in [9.17, 15) is 19.8 Å². The van der Waals surface area contributed by atoms with Crippen molar-refractivity contribution in [2.45, 2.75) is 334 Å². The lowest BCUT2D eigenvalue weighted by atomic mass is 10.0. The van der Waals surface area contributed by atoms with Crippen LogP contribution in [0.2, 0.25) is 0 Å². The molecule has 0 aromatic carbocycles. The number of esters is 1. The zero-order valence-electron chi connectivity index (χ0n) is 45.6. The molecule has 6 nitrogen and oxygen atoms in total. The number of amides is 1. The Hall–Kier alpha value is -1.92. The summed E-state index contributed by atoms with van der Waals surface area (Å²) in [6.45, 7) is 4.84. The molecule has 0 saturated carbocycles. The van der Waals surface area contributed by atoms with Crippen molar-refractivity contribution in [3.05, 3.63) is 36.5 Å². The van der Waals surface area contributed by atoms with Crippen molar-refractivity contribution in [3.8, 4) is 0 Å². The summed E-state index contributed by atoms with van der Waals surface area (Å²) in [4.78, 5) is 24.6. The highest BCUT2D eigenvalue weighted by Gasteiger charge is 2.18. The topological polar surface area (TPSA) is 95.9 Å². The molecular weight excluding hydrogens is 839 g/mol. The molecule has 3 N–H and O–H groups in total. The Bertz CT molecular complexity index is 1100. The first-order valence-corrected chi connectivity index (χ1v) is 30.3. The largest absolute Gasteiger partial charge is 0.466 e. The Kier molecular flexibility index (Phi) is 56.0. The Labute approximate surface area is 424 Å². The summed E-state index contributed by atoms with van der Waals surface area (Å²) in [6, 6.07) is -0.650. The lowest BCUT2D eigenvalue weighted by Crippen LogP contribution is -2.45. The summed E-state index contributed by atoms with van der Waals surface area (Å²) < 4.78 is 5.46. The second-order valence-electron chi connectivity index (χ2n) is 20.7. The van der Waals surface area contributed by atoms with Crippen molar-refractivity contribution >= 4 is 11.9 Å². The van der Waals surface area contributed by atoms with Gasteiger partial charge in [0.25, 0.3) is 0 Å². The van der Waals surface area contributed by atoms with Gasteiger partial charge in [0, 0.05) is 12.8 Å². The van der Waals surface area contributed by atoms with Crippen LogP contribution < -0.4 is 5.32 Å². The first kappa shape index (κ1) is 66.1. The fourth-order valence-electron chi connectivity index (χ4n) is 9.21. The average Bonchev–Trinajstić information content (AvgIpc) is 3.34. The lowest BCUT2D eigenvalue weighted by molar-refractivity contribution is -0.143. The summed E-state index contributed by atoms with van der Waals surface area (Å²) in [5, 5.41) is 23.2. The molecule has 0 heterocycles. The van der Waals surface area contributed by atoms with Gasteiger partial charge < -0.3 is 20.3 Å². The number of nitrogens with one attached hydrogen (secondary N) is 1. The number of unbranched alkanes of at least 4 members (excludes halogenated alkanes) is 41. The Morgan fingerprint density at radius 3 is 1.04 bits per heavy atom. The number of aliphatic hydroxyl groups excluding tert-OH is 2. The van der Waals surface area contributed by atoms with Crippen LogP contribution in [-0.2, 0) is 14.3 Å². The fraction of sp³-hybridized carbons (Fsp3) is 0.871. The Morgan fingerprint density at radius 1 is 0.397 bits per heavy atom. The van der Waals surface area contributed by atoms with Gasteiger partial charge in [-0.1, -0.05) is 262 Å². The maximum Gasteiger partial charge on any atom is 0.305 e. The van der Waals surface area contributed by atoms with Crippen molar-refractivity contribution in [2.24, 2.45) is 0 Å². The van der Waals surface area contributed by atoms with E-state index in [1.54, 1.807) is 6.08 Å². The molecule has 0 bridgehead atoms. The molecule has 0 spiro atoms. The van der Waals surface area contributed by atoms with E-state index in [-0.39, 0.29) is 18.5 Å². The van der Waals surface area contributed by atoms with Crippen LogP contribution in [0.4, 0.5) is 0 Å². The minimum absolute atomic E-state index is 0.0330. The maximum absolute atomic E-state index is 12.5. The summed E-state index contributed by atoms with van der Waals surface area (Å²) in [7, 11) is 0. The first-order valence-electron chi connectivity index (χ1n) is 30.3. The number of carbonyl (C=O) groups excluding carboxylic acids is 2. The van der Waals surface area contributed by atoms with Gasteiger partial charge in [-0.2, -0.15) is 0 Å². The van der Waals surface area contributed by atoms with E-state index < -0.39 is 12.1 Å². The minimum Gasteiger partial charge on any atom is -0.466 e. The van der Waals surface area contributed by atoms with Gasteiger partial charge in [0.05, 0.1) is 25.4 Å². The third-order valence-electron chi connectivity index (χ3n) is 13.9. The number of aliphatic hydroxyl groups is 2. The van der Waals surface area contributed by atoms with E-state index in [0.717, 1.165) is 83.5 Å². The maximum atomic E-state index is 12.5. The molecular formula is C62H117NO5. The predicted octanol–water partition coefficient (Wildman–Crippen LogP) is 18.8. The van der Waals surface area contributed by atoms with Gasteiger partial charge in [0.1, 0.15) is 0 Å². The highest BCUT2D eigenvalue weighted by molar-refractivity contribution is 5.76. The van der Waals surface area contributed by atoms with Crippen molar-refractivity contribution in [1.82, 2.24) is 5.32 Å². The van der Waals surface area contributed by atoms with E-state index in [1.807, 2.05) is 6.08 Å². The molecule has 2 unspecified atom stereocenters. The van der Waals surface area contributed by atoms with Gasteiger partial charge in [0.2, 0.25) is 5.91 Å². The van der Waals surface area contributed by atoms with E-state index in [2.05, 4.69) is 43.5 Å². The number of ether oxygens (including phenoxy) is 1. The Balaban J connectivity index is 3.52. The van der Waals surface area contributed by atoms with Crippen LogP contribution in [0, 0.1) is 0 Å². The molecule has 0 aromatic rings. The molecule has 68 heavy (non-hydrogen) atoms. The smallest absolute Gasteiger partial charge is 0.305 e. The number of carbonyl (C=O) groups is 2. The van der Waals surface area contributed by atoms with E-state index in [4.69, 9.17) is 4.74 Å². The van der Waals surface area contributed by atoms with E-state index >= 15 is 0 Å². The minimum atomic E-state index is -0.864. The molecule has 0 aliphatic rings. The van der Waals surface area contributed by atoms with Crippen LogP contribution >= 0.6 is 0 Å². The third-order valence-corrected chi connectivity index (χ3v) is 13.9. The van der Waals surface area contributed by atoms with Gasteiger partial charge >= 0.3 is 5.97 Å². The molecule has 0 aliphatic carbocycles. The molecule has 1 amide bonds. The second-order valence-corrected chi connectivity index (χ2v) is 20.7. The number of hydrogen-bond acceptors (Lipinski definition) is 5. The highest BCUT2D eigenvalue weighted by atomic mass is 16.5. The van der Waals surface area contributed by atoms with Crippen LogP contribution in [0.3, 0.4) is 0 Å². The van der Waals surface area contributed by atoms with Gasteiger partial charge in [-0.05, 0) is 83.5 Å². The first-order chi connectivity index (χ1) is 33.5. The molecule has 0 rings (SSSR count). The van der Waals surface area contributed by atoms with Crippen LogP contribution in [0.1, 0.15) is 322 Å². The molecule has 0 aromatic heterocycles. The van der Waals surface area contributed by atoms with E-state index in [1.165, 1.54) is 212 Å². The summed E-state index contributed by atoms with van der Waals surface area (Å²) in [5.41, 5.74) is 0. The van der Waals surface area contributed by atoms with Crippen molar-refractivity contribution < 1.29 is 24.5 Å². The van der Waals surface area contributed by atoms with Gasteiger partial charge in [-0.25, -0.2) is 0 Å². The fourth-order valence-corrected chi connectivity index (χ4v) is 9.21. The number of allylic oxidation sites excluding steroid dienone is 5. The van der Waals surface area contributed by atoms with Crippen molar-refractivity contribution in [1.29, 1.82) is 0 Å². The second kappa shape index (κ2) is 57.7. The molecule has 0 aliphatic heterocycles. The number of rotatable bonds is 56. The third kappa shape index (κ3) is 53.4. The Morgan fingerprint density at radius 2 is 0.691 bits per heavy atom. The molecule has 0 saturated heterocycles. The SMILES string of the molecule is CCCCCCCC/C=C\CCCCCCCCCCCC(=O)OCCCC/C=C\CCCCCCCC(=O)NC(CO)C(O)/C=C/CCCCCCCCCCCCCCCCCCCCC. The highest BCUT2D eigenvalue weighted by Crippen LogP contribution is 2.17. The summed E-state index contributed by atoms with van der Waals surface area (Å²) >= 11 is 0. The zero-order valence-corrected chi connectivity index (χ0v) is 45.6. The molecule has 2 atom stereocenters. The lowest BCUT2D eigenvalue weighted by Gasteiger charge is -2.20. The van der Waals surface area contributed by atoms with Gasteiger partial charge in [-0.15, -0.1) is 0 Å². The summed E-state index contributed by atoms with van der Waals surface area (Å²) in [5.74, 6) is -0.128. The quantitative estimate of drug-likeness (QED) is 0.0321. The van der Waals surface area contributed by atoms with Crippen LogP contribution in [-0.4, -0.2) is 47.4 Å². The van der Waals surface area contributed by atoms with Gasteiger partial charge in [0.15, 0.2) is 0 Å². The molecule has 6 heteroatoms. The zero-order chi connectivity index (χ0) is 49.3. The van der Waals surface area contributed by atoms with Crippen molar-refractivity contribution in [3.63, 3.8) is 0 Å².